The van der Waals surface area contributed by atoms with Crippen molar-refractivity contribution >= 4 is 35.8 Å². The number of ether oxygens (including phenoxy) is 1. The largest absolute Gasteiger partial charge is 0.488 e. The van der Waals surface area contributed by atoms with Crippen molar-refractivity contribution < 1.29 is 9.53 Å². The van der Waals surface area contributed by atoms with Crippen LogP contribution in [0, 0.1) is 0 Å². The highest BCUT2D eigenvalue weighted by atomic mass is 127. The SMILES string of the molecule is CCNC(=NCC1Cc2ccccc2O1)NCCC(=O)N(C)Cc1ccccc1.I. The third-order valence-electron chi connectivity index (χ3n) is 4.83. The van der Waals surface area contributed by atoms with Gasteiger partial charge in [0.15, 0.2) is 5.96 Å². The molecule has 0 radical (unpaired) electrons. The van der Waals surface area contributed by atoms with Crippen molar-refractivity contribution in [2.24, 2.45) is 4.99 Å². The summed E-state index contributed by atoms with van der Waals surface area (Å²) >= 11 is 0. The molecule has 0 spiro atoms. The molecule has 6 nitrogen and oxygen atoms in total. The summed E-state index contributed by atoms with van der Waals surface area (Å²) in [6, 6.07) is 18.1. The van der Waals surface area contributed by atoms with Crippen LogP contribution in [0.1, 0.15) is 24.5 Å². The van der Waals surface area contributed by atoms with E-state index in [0.29, 0.717) is 32.0 Å². The van der Waals surface area contributed by atoms with Gasteiger partial charge in [-0.1, -0.05) is 48.5 Å². The molecule has 0 bridgehead atoms. The zero-order chi connectivity index (χ0) is 20.5. The van der Waals surface area contributed by atoms with Crippen LogP contribution in [0.15, 0.2) is 59.6 Å². The van der Waals surface area contributed by atoms with Crippen LogP contribution in [0.25, 0.3) is 0 Å². The lowest BCUT2D eigenvalue weighted by Crippen LogP contribution is -2.40. The lowest BCUT2D eigenvalue weighted by Gasteiger charge is -2.18. The maximum Gasteiger partial charge on any atom is 0.224 e. The summed E-state index contributed by atoms with van der Waals surface area (Å²) < 4.78 is 5.94. The van der Waals surface area contributed by atoms with Gasteiger partial charge in [-0.2, -0.15) is 0 Å². The number of carbonyl (C=O) groups excluding carboxylic acids is 1. The molecule has 1 aliphatic heterocycles. The minimum absolute atomic E-state index is 0. The van der Waals surface area contributed by atoms with Crippen LogP contribution in [0.4, 0.5) is 0 Å². The number of nitrogens with one attached hydrogen (secondary N) is 2. The fourth-order valence-electron chi connectivity index (χ4n) is 3.31. The first-order valence-corrected chi connectivity index (χ1v) is 10.2. The zero-order valence-electron chi connectivity index (χ0n) is 17.6. The Balaban J connectivity index is 0.00000320. The van der Waals surface area contributed by atoms with Crippen molar-refractivity contribution in [1.29, 1.82) is 0 Å². The topological polar surface area (TPSA) is 66.0 Å². The molecule has 3 rings (SSSR count). The van der Waals surface area contributed by atoms with Gasteiger partial charge in [0, 0.05) is 39.5 Å². The molecule has 0 fully saturated rings. The molecule has 2 aromatic rings. The smallest absolute Gasteiger partial charge is 0.224 e. The highest BCUT2D eigenvalue weighted by Gasteiger charge is 2.22. The summed E-state index contributed by atoms with van der Waals surface area (Å²) in [7, 11) is 1.84. The number of guanidine groups is 1. The fraction of sp³-hybridized carbons (Fsp3) is 0.391. The number of nitrogens with zero attached hydrogens (tertiary/aromatic N) is 2. The van der Waals surface area contributed by atoms with Crippen molar-refractivity contribution in [3.05, 3.63) is 65.7 Å². The van der Waals surface area contributed by atoms with E-state index in [1.807, 2.05) is 62.5 Å². The van der Waals surface area contributed by atoms with Gasteiger partial charge in [0.05, 0.1) is 6.54 Å². The second-order valence-electron chi connectivity index (χ2n) is 7.18. The number of carbonyl (C=O) groups is 1. The maximum atomic E-state index is 12.4. The number of hydrogen-bond donors (Lipinski definition) is 2. The second-order valence-corrected chi connectivity index (χ2v) is 7.18. The molecule has 7 heteroatoms. The number of benzene rings is 2. The van der Waals surface area contributed by atoms with Gasteiger partial charge < -0.3 is 20.3 Å². The van der Waals surface area contributed by atoms with E-state index in [9.17, 15) is 4.79 Å². The molecule has 0 aliphatic carbocycles. The van der Waals surface area contributed by atoms with Gasteiger partial charge in [0.1, 0.15) is 11.9 Å². The van der Waals surface area contributed by atoms with Crippen molar-refractivity contribution in [2.45, 2.75) is 32.4 Å². The number of halogens is 1. The fourth-order valence-corrected chi connectivity index (χ4v) is 3.31. The maximum absolute atomic E-state index is 12.4. The Hall–Kier alpha value is -2.29. The quantitative estimate of drug-likeness (QED) is 0.318. The Morgan fingerprint density at radius 2 is 1.87 bits per heavy atom. The highest BCUT2D eigenvalue weighted by molar-refractivity contribution is 14.0. The minimum Gasteiger partial charge on any atom is -0.488 e. The van der Waals surface area contributed by atoms with Crippen molar-refractivity contribution in [3.8, 4) is 5.75 Å². The lowest BCUT2D eigenvalue weighted by atomic mass is 10.1. The van der Waals surface area contributed by atoms with Gasteiger partial charge in [-0.05, 0) is 24.1 Å². The highest BCUT2D eigenvalue weighted by Crippen LogP contribution is 2.28. The van der Waals surface area contributed by atoms with Gasteiger partial charge in [0.2, 0.25) is 5.91 Å². The number of amides is 1. The predicted molar refractivity (Wildman–Crippen MR) is 131 cm³/mol. The monoisotopic (exact) mass is 522 g/mol. The molecule has 0 aromatic heterocycles. The average molecular weight is 522 g/mol. The molecular weight excluding hydrogens is 491 g/mol. The standard InChI is InChI=1S/C23H30N4O2.HI/c1-3-24-23(26-16-20-15-19-11-7-8-12-21(19)29-20)25-14-13-22(28)27(2)17-18-9-5-4-6-10-18;/h4-12,20H,3,13-17H2,1-2H3,(H2,24,25,26);1H. The van der Waals surface area contributed by atoms with Crippen LogP contribution >= 0.6 is 24.0 Å². The second kappa shape index (κ2) is 12.4. The Morgan fingerprint density at radius 1 is 1.13 bits per heavy atom. The third kappa shape index (κ3) is 7.19. The molecule has 1 amide bonds. The first-order chi connectivity index (χ1) is 14.2. The normalized spacial score (nSPS) is 14.9. The molecule has 1 atom stereocenters. The van der Waals surface area contributed by atoms with E-state index in [4.69, 9.17) is 4.74 Å². The lowest BCUT2D eigenvalue weighted by molar-refractivity contribution is -0.130. The van der Waals surface area contributed by atoms with Crippen molar-refractivity contribution in [2.75, 3.05) is 26.7 Å². The van der Waals surface area contributed by atoms with E-state index in [1.165, 1.54) is 5.56 Å². The number of rotatable bonds is 8. The Morgan fingerprint density at radius 3 is 2.60 bits per heavy atom. The summed E-state index contributed by atoms with van der Waals surface area (Å²) in [5.74, 6) is 1.77. The predicted octanol–water partition coefficient (Wildman–Crippen LogP) is 3.21. The summed E-state index contributed by atoms with van der Waals surface area (Å²) in [5, 5.41) is 6.48. The molecule has 1 aliphatic rings. The molecule has 2 aromatic carbocycles. The summed E-state index contributed by atoms with van der Waals surface area (Å²) in [5.41, 5.74) is 2.36. The van der Waals surface area contributed by atoms with Crippen molar-refractivity contribution in [1.82, 2.24) is 15.5 Å². The Bertz CT molecular complexity index is 804. The molecule has 30 heavy (non-hydrogen) atoms. The first kappa shape index (κ1) is 24.0. The molecule has 0 saturated carbocycles. The van der Waals surface area contributed by atoms with Gasteiger partial charge in [0.25, 0.3) is 0 Å². The van der Waals surface area contributed by atoms with Gasteiger partial charge in [-0.3, -0.25) is 4.79 Å². The molecule has 2 N–H and O–H groups in total. The minimum atomic E-state index is 0. The number of fused-ring (bicyclic) bond motifs is 1. The van der Waals surface area contributed by atoms with E-state index in [2.05, 4.69) is 21.7 Å². The van der Waals surface area contributed by atoms with Crippen LogP contribution in [-0.2, 0) is 17.8 Å². The van der Waals surface area contributed by atoms with Crippen LogP contribution in [-0.4, -0.2) is 49.6 Å². The summed E-state index contributed by atoms with van der Waals surface area (Å²) in [6.07, 6.45) is 1.35. The van der Waals surface area contributed by atoms with Crippen LogP contribution < -0.4 is 15.4 Å². The zero-order valence-corrected chi connectivity index (χ0v) is 20.0. The van der Waals surface area contributed by atoms with Gasteiger partial charge in [-0.25, -0.2) is 4.99 Å². The Kier molecular flexibility index (Phi) is 9.93. The number of para-hydroxylation sites is 1. The van der Waals surface area contributed by atoms with Crippen LogP contribution in [0.3, 0.4) is 0 Å². The van der Waals surface area contributed by atoms with E-state index >= 15 is 0 Å². The van der Waals surface area contributed by atoms with E-state index in [1.54, 1.807) is 4.90 Å². The Labute approximate surface area is 196 Å². The van der Waals surface area contributed by atoms with Crippen LogP contribution in [0.5, 0.6) is 5.75 Å². The molecule has 162 valence electrons. The first-order valence-electron chi connectivity index (χ1n) is 10.2. The van der Waals surface area contributed by atoms with Gasteiger partial charge in [-0.15, -0.1) is 24.0 Å². The molecule has 1 heterocycles. The van der Waals surface area contributed by atoms with Crippen molar-refractivity contribution in [3.63, 3.8) is 0 Å². The molecule has 1 unspecified atom stereocenters. The van der Waals surface area contributed by atoms with Gasteiger partial charge >= 0.3 is 0 Å². The van der Waals surface area contributed by atoms with Crippen LogP contribution in [0.2, 0.25) is 0 Å². The van der Waals surface area contributed by atoms with E-state index in [0.717, 1.165) is 24.3 Å². The molecular formula is C23H31IN4O2. The van der Waals surface area contributed by atoms with E-state index < -0.39 is 0 Å². The average Bonchev–Trinajstić information content (AvgIpc) is 3.15. The number of aliphatic imine (C=N–C) groups is 1. The molecule has 0 saturated heterocycles. The number of hydrogen-bond acceptors (Lipinski definition) is 3. The summed E-state index contributed by atoms with van der Waals surface area (Å²) in [4.78, 5) is 18.8. The third-order valence-corrected chi connectivity index (χ3v) is 4.83. The summed E-state index contributed by atoms with van der Waals surface area (Å²) in [6.45, 7) is 4.52. The van der Waals surface area contributed by atoms with E-state index in [-0.39, 0.29) is 36.0 Å².